The summed E-state index contributed by atoms with van der Waals surface area (Å²) in [6.07, 6.45) is 0.772. The number of anilines is 1. The third-order valence-electron chi connectivity index (χ3n) is 4.22. The van der Waals surface area contributed by atoms with E-state index in [1.807, 2.05) is 25.7 Å². The van der Waals surface area contributed by atoms with Gasteiger partial charge in [-0.2, -0.15) is 0 Å². The number of esters is 1. The summed E-state index contributed by atoms with van der Waals surface area (Å²) in [5.74, 6) is -0.612. The van der Waals surface area contributed by atoms with Crippen LogP contribution in [0.3, 0.4) is 0 Å². The van der Waals surface area contributed by atoms with Crippen LogP contribution in [-0.4, -0.2) is 55.0 Å². The van der Waals surface area contributed by atoms with E-state index in [1.165, 1.54) is 11.3 Å². The molecule has 26 heavy (non-hydrogen) atoms. The fourth-order valence-electron chi connectivity index (χ4n) is 3.05. The van der Waals surface area contributed by atoms with Gasteiger partial charge in [-0.25, -0.2) is 4.79 Å². The number of thiophene rings is 1. The van der Waals surface area contributed by atoms with E-state index in [-0.39, 0.29) is 36.9 Å². The van der Waals surface area contributed by atoms with Crippen LogP contribution in [0.4, 0.5) is 5.00 Å². The molecule has 1 fully saturated rings. The van der Waals surface area contributed by atoms with Crippen LogP contribution in [-0.2, 0) is 20.7 Å². The topological polar surface area (TPSA) is 87.7 Å². The standard InChI is InChI=1S/C18H27N3O4S/c1-5-12-9-13(18(24)25-6-2)17(26-12)20-14(22)10-21-8-7-19-16(23)15(21)11(3)4/h9,11,15H,5-8,10H2,1-4H3,(H,19,23)(H,20,22). The minimum Gasteiger partial charge on any atom is -0.462 e. The Bertz CT molecular complexity index is 671. The molecule has 0 spiro atoms. The number of rotatable bonds is 7. The average molecular weight is 381 g/mol. The van der Waals surface area contributed by atoms with Crippen molar-refractivity contribution in [1.82, 2.24) is 10.2 Å². The van der Waals surface area contributed by atoms with Crippen LogP contribution in [0.2, 0.25) is 0 Å². The maximum absolute atomic E-state index is 12.6. The first-order chi connectivity index (χ1) is 12.4. The lowest BCUT2D eigenvalue weighted by Gasteiger charge is -2.36. The third-order valence-corrected chi connectivity index (χ3v) is 5.41. The smallest absolute Gasteiger partial charge is 0.341 e. The van der Waals surface area contributed by atoms with Crippen LogP contribution >= 0.6 is 11.3 Å². The number of amides is 2. The molecule has 1 saturated heterocycles. The van der Waals surface area contributed by atoms with Gasteiger partial charge in [0.2, 0.25) is 11.8 Å². The minimum atomic E-state index is -0.434. The first-order valence-corrected chi connectivity index (χ1v) is 9.80. The highest BCUT2D eigenvalue weighted by Crippen LogP contribution is 2.29. The van der Waals surface area contributed by atoms with Crippen LogP contribution in [0.15, 0.2) is 6.07 Å². The van der Waals surface area contributed by atoms with E-state index >= 15 is 0 Å². The van der Waals surface area contributed by atoms with Crippen molar-refractivity contribution in [2.75, 3.05) is 31.6 Å². The van der Waals surface area contributed by atoms with Crippen molar-refractivity contribution in [3.8, 4) is 0 Å². The zero-order chi connectivity index (χ0) is 19.3. The van der Waals surface area contributed by atoms with Crippen molar-refractivity contribution in [3.63, 3.8) is 0 Å². The molecule has 0 aromatic carbocycles. The summed E-state index contributed by atoms with van der Waals surface area (Å²) in [4.78, 5) is 39.7. The largest absolute Gasteiger partial charge is 0.462 e. The van der Waals surface area contributed by atoms with Gasteiger partial charge in [-0.15, -0.1) is 11.3 Å². The molecule has 2 heterocycles. The molecule has 8 heteroatoms. The summed E-state index contributed by atoms with van der Waals surface area (Å²) in [6, 6.07) is 1.44. The lowest BCUT2D eigenvalue weighted by molar-refractivity contribution is -0.132. The van der Waals surface area contributed by atoms with Crippen molar-refractivity contribution in [3.05, 3.63) is 16.5 Å². The molecule has 0 aliphatic carbocycles. The predicted octanol–water partition coefficient (Wildman–Crippen LogP) is 1.88. The summed E-state index contributed by atoms with van der Waals surface area (Å²) < 4.78 is 5.07. The Balaban J connectivity index is 2.10. The molecule has 1 aromatic rings. The monoisotopic (exact) mass is 381 g/mol. The highest BCUT2D eigenvalue weighted by molar-refractivity contribution is 7.16. The molecule has 144 valence electrons. The first kappa shape index (κ1) is 20.4. The molecule has 1 atom stereocenters. The lowest BCUT2D eigenvalue weighted by Crippen LogP contribution is -2.58. The lowest BCUT2D eigenvalue weighted by atomic mass is 10.00. The van der Waals surface area contributed by atoms with Crippen LogP contribution in [0.25, 0.3) is 0 Å². The number of nitrogens with one attached hydrogen (secondary N) is 2. The number of hydrogen-bond donors (Lipinski definition) is 2. The molecule has 1 aromatic heterocycles. The number of nitrogens with zero attached hydrogens (tertiary/aromatic N) is 1. The van der Waals surface area contributed by atoms with Gasteiger partial charge in [-0.1, -0.05) is 20.8 Å². The molecule has 7 nitrogen and oxygen atoms in total. The van der Waals surface area contributed by atoms with Crippen LogP contribution in [0.5, 0.6) is 0 Å². The molecule has 1 aliphatic heterocycles. The number of aryl methyl sites for hydroxylation is 1. The van der Waals surface area contributed by atoms with Gasteiger partial charge in [0.1, 0.15) is 5.00 Å². The van der Waals surface area contributed by atoms with Crippen molar-refractivity contribution in [2.45, 2.75) is 40.2 Å². The Labute approximate surface area is 158 Å². The zero-order valence-corrected chi connectivity index (χ0v) is 16.6. The third kappa shape index (κ3) is 4.82. The van der Waals surface area contributed by atoms with Gasteiger partial charge in [-0.3, -0.25) is 14.5 Å². The molecule has 2 N–H and O–H groups in total. The van der Waals surface area contributed by atoms with Crippen LogP contribution in [0, 0.1) is 5.92 Å². The van der Waals surface area contributed by atoms with E-state index < -0.39 is 5.97 Å². The molecule has 2 rings (SSSR count). The van der Waals surface area contributed by atoms with Crippen LogP contribution < -0.4 is 10.6 Å². The Hall–Kier alpha value is -1.93. The summed E-state index contributed by atoms with van der Waals surface area (Å²) in [7, 11) is 0. The van der Waals surface area contributed by atoms with Gasteiger partial charge < -0.3 is 15.4 Å². The van der Waals surface area contributed by atoms with E-state index in [0.717, 1.165) is 11.3 Å². The highest BCUT2D eigenvalue weighted by atomic mass is 32.1. The Morgan fingerprint density at radius 2 is 2.15 bits per heavy atom. The Morgan fingerprint density at radius 3 is 2.77 bits per heavy atom. The van der Waals surface area contributed by atoms with Crippen molar-refractivity contribution in [1.29, 1.82) is 0 Å². The van der Waals surface area contributed by atoms with Gasteiger partial charge in [0.05, 0.1) is 24.8 Å². The Kier molecular flexibility index (Phi) is 7.16. The van der Waals surface area contributed by atoms with Gasteiger partial charge in [0, 0.05) is 18.0 Å². The summed E-state index contributed by atoms with van der Waals surface area (Å²) in [5.41, 5.74) is 0.388. The van der Waals surface area contributed by atoms with E-state index in [0.29, 0.717) is 23.7 Å². The summed E-state index contributed by atoms with van der Waals surface area (Å²) >= 11 is 1.38. The average Bonchev–Trinajstić information content (AvgIpc) is 2.97. The van der Waals surface area contributed by atoms with E-state index in [2.05, 4.69) is 10.6 Å². The second-order valence-corrected chi connectivity index (χ2v) is 7.66. The first-order valence-electron chi connectivity index (χ1n) is 8.98. The quantitative estimate of drug-likeness (QED) is 0.704. The molecule has 1 unspecified atom stereocenters. The normalized spacial score (nSPS) is 17.9. The van der Waals surface area contributed by atoms with Gasteiger partial charge >= 0.3 is 5.97 Å². The van der Waals surface area contributed by atoms with Crippen molar-refractivity contribution >= 4 is 34.1 Å². The van der Waals surface area contributed by atoms with Crippen molar-refractivity contribution in [2.24, 2.45) is 5.92 Å². The molecule has 2 amide bonds. The predicted molar refractivity (Wildman–Crippen MR) is 101 cm³/mol. The number of ether oxygens (including phenoxy) is 1. The fourth-order valence-corrected chi connectivity index (χ4v) is 4.05. The van der Waals surface area contributed by atoms with Gasteiger partial charge in [0.25, 0.3) is 0 Å². The number of piperazine rings is 1. The number of carbonyl (C=O) groups excluding carboxylic acids is 3. The second-order valence-electron chi connectivity index (χ2n) is 6.53. The molecular weight excluding hydrogens is 354 g/mol. The molecular formula is C18H27N3O4S. The molecule has 0 saturated carbocycles. The molecule has 1 aliphatic rings. The van der Waals surface area contributed by atoms with Crippen molar-refractivity contribution < 1.29 is 19.1 Å². The minimum absolute atomic E-state index is 0.0457. The fraction of sp³-hybridized carbons (Fsp3) is 0.611. The maximum atomic E-state index is 12.6. The number of hydrogen-bond acceptors (Lipinski definition) is 6. The maximum Gasteiger partial charge on any atom is 0.341 e. The molecule has 0 radical (unpaired) electrons. The summed E-state index contributed by atoms with van der Waals surface area (Å²) in [5, 5.41) is 6.18. The highest BCUT2D eigenvalue weighted by Gasteiger charge is 2.33. The number of carbonyl (C=O) groups is 3. The van der Waals surface area contributed by atoms with E-state index in [9.17, 15) is 14.4 Å². The second kappa shape index (κ2) is 9.14. The van der Waals surface area contributed by atoms with Gasteiger partial charge in [-0.05, 0) is 25.3 Å². The summed E-state index contributed by atoms with van der Waals surface area (Å²) in [6.45, 7) is 9.21. The van der Waals surface area contributed by atoms with E-state index in [1.54, 1.807) is 13.0 Å². The van der Waals surface area contributed by atoms with Crippen LogP contribution in [0.1, 0.15) is 42.9 Å². The van der Waals surface area contributed by atoms with E-state index in [4.69, 9.17) is 4.74 Å². The zero-order valence-electron chi connectivity index (χ0n) is 15.8. The Morgan fingerprint density at radius 1 is 1.42 bits per heavy atom. The molecule has 0 bridgehead atoms. The van der Waals surface area contributed by atoms with Gasteiger partial charge in [0.15, 0.2) is 0 Å². The SMILES string of the molecule is CCOC(=O)c1cc(CC)sc1NC(=O)CN1CCNC(=O)C1C(C)C.